The molecule has 0 amide bonds. The van der Waals surface area contributed by atoms with E-state index in [4.69, 9.17) is 4.74 Å². The van der Waals surface area contributed by atoms with Crippen LogP contribution in [0.2, 0.25) is 0 Å². The van der Waals surface area contributed by atoms with Gasteiger partial charge in [0.25, 0.3) is 0 Å². The zero-order chi connectivity index (χ0) is 14.0. The van der Waals surface area contributed by atoms with E-state index in [-0.39, 0.29) is 0 Å². The first-order chi connectivity index (χ1) is 8.97. The number of rotatable bonds is 4. The number of ether oxygens (including phenoxy) is 1. The Morgan fingerprint density at radius 2 is 2.16 bits per heavy atom. The number of benzene rings is 1. The topological polar surface area (TPSA) is 47.3 Å². The minimum atomic E-state index is -0.559. The first kappa shape index (κ1) is 14.1. The summed E-state index contributed by atoms with van der Waals surface area (Å²) in [4.78, 5) is 0. The van der Waals surface area contributed by atoms with Crippen molar-refractivity contribution < 1.29 is 9.84 Å². The van der Waals surface area contributed by atoms with Crippen molar-refractivity contribution in [2.45, 2.75) is 26.6 Å². The quantitative estimate of drug-likeness (QED) is 0.939. The normalized spacial score (nSPS) is 12.5. The SMILES string of the molecule is Cc1cc(COc2cc(Br)ccc2C(C)O)n(C)n1. The van der Waals surface area contributed by atoms with Gasteiger partial charge in [-0.05, 0) is 32.0 Å². The summed E-state index contributed by atoms with van der Waals surface area (Å²) < 4.78 is 8.53. The third-order valence-corrected chi connectivity index (χ3v) is 3.39. The average Bonchev–Trinajstić information content (AvgIpc) is 2.65. The molecule has 0 spiro atoms. The van der Waals surface area contributed by atoms with Gasteiger partial charge >= 0.3 is 0 Å². The van der Waals surface area contributed by atoms with Gasteiger partial charge in [-0.15, -0.1) is 0 Å². The molecule has 0 bridgehead atoms. The second kappa shape index (κ2) is 5.75. The zero-order valence-electron chi connectivity index (χ0n) is 11.2. The standard InChI is InChI=1S/C14H17BrN2O2/c1-9-6-12(17(3)16-9)8-19-14-7-11(15)4-5-13(14)10(2)18/h4-7,10,18H,8H2,1-3H3. The molecule has 1 aromatic heterocycles. The molecule has 5 heteroatoms. The largest absolute Gasteiger partial charge is 0.487 e. The van der Waals surface area contributed by atoms with Gasteiger partial charge in [-0.25, -0.2) is 0 Å². The number of nitrogens with zero attached hydrogens (tertiary/aromatic N) is 2. The van der Waals surface area contributed by atoms with Gasteiger partial charge in [-0.2, -0.15) is 5.10 Å². The lowest BCUT2D eigenvalue weighted by molar-refractivity contribution is 0.189. The van der Waals surface area contributed by atoms with Crippen LogP contribution in [-0.4, -0.2) is 14.9 Å². The molecule has 1 unspecified atom stereocenters. The molecule has 1 heterocycles. The van der Waals surface area contributed by atoms with E-state index in [0.29, 0.717) is 12.4 Å². The van der Waals surface area contributed by atoms with Gasteiger partial charge in [0.1, 0.15) is 12.4 Å². The molecule has 1 atom stereocenters. The molecule has 0 radical (unpaired) electrons. The van der Waals surface area contributed by atoms with E-state index in [1.54, 1.807) is 11.6 Å². The Kier molecular flexibility index (Phi) is 4.27. The highest BCUT2D eigenvalue weighted by Crippen LogP contribution is 2.29. The van der Waals surface area contributed by atoms with E-state index in [9.17, 15) is 5.11 Å². The maximum absolute atomic E-state index is 9.74. The van der Waals surface area contributed by atoms with Crippen LogP contribution < -0.4 is 4.74 Å². The molecule has 102 valence electrons. The molecule has 0 saturated carbocycles. The van der Waals surface area contributed by atoms with Crippen LogP contribution in [0.5, 0.6) is 5.75 Å². The van der Waals surface area contributed by atoms with E-state index < -0.39 is 6.10 Å². The zero-order valence-corrected chi connectivity index (χ0v) is 12.8. The number of aliphatic hydroxyl groups excluding tert-OH is 1. The number of aryl methyl sites for hydroxylation is 2. The molecule has 1 aromatic carbocycles. The van der Waals surface area contributed by atoms with Gasteiger partial charge in [-0.3, -0.25) is 4.68 Å². The molecule has 0 aliphatic heterocycles. The van der Waals surface area contributed by atoms with Crippen molar-refractivity contribution in [2.75, 3.05) is 0 Å². The Morgan fingerprint density at radius 1 is 1.42 bits per heavy atom. The Hall–Kier alpha value is -1.33. The Bertz CT molecular complexity index is 579. The highest BCUT2D eigenvalue weighted by atomic mass is 79.9. The molecule has 4 nitrogen and oxygen atoms in total. The summed E-state index contributed by atoms with van der Waals surface area (Å²) in [5.41, 5.74) is 2.74. The smallest absolute Gasteiger partial charge is 0.130 e. The number of hydrogen-bond donors (Lipinski definition) is 1. The Morgan fingerprint density at radius 3 is 2.74 bits per heavy atom. The minimum absolute atomic E-state index is 0.424. The van der Waals surface area contributed by atoms with Crippen LogP contribution in [0, 0.1) is 6.92 Å². The van der Waals surface area contributed by atoms with Crippen molar-refractivity contribution >= 4 is 15.9 Å². The predicted octanol–water partition coefficient (Wildman–Crippen LogP) is 3.12. The molecular formula is C14H17BrN2O2. The highest BCUT2D eigenvalue weighted by molar-refractivity contribution is 9.10. The summed E-state index contributed by atoms with van der Waals surface area (Å²) in [5.74, 6) is 0.684. The second-order valence-corrected chi connectivity index (χ2v) is 5.46. The first-order valence-electron chi connectivity index (χ1n) is 6.07. The van der Waals surface area contributed by atoms with E-state index >= 15 is 0 Å². The molecule has 0 fully saturated rings. The van der Waals surface area contributed by atoms with Crippen LogP contribution in [0.15, 0.2) is 28.7 Å². The van der Waals surface area contributed by atoms with Crippen molar-refractivity contribution in [1.29, 1.82) is 0 Å². The van der Waals surface area contributed by atoms with Crippen LogP contribution in [0.4, 0.5) is 0 Å². The summed E-state index contributed by atoms with van der Waals surface area (Å²) in [6, 6.07) is 7.60. The van der Waals surface area contributed by atoms with Crippen molar-refractivity contribution in [3.8, 4) is 5.75 Å². The summed E-state index contributed by atoms with van der Waals surface area (Å²) in [5, 5.41) is 14.0. The fourth-order valence-corrected chi connectivity index (χ4v) is 2.27. The molecule has 19 heavy (non-hydrogen) atoms. The maximum Gasteiger partial charge on any atom is 0.130 e. The first-order valence-corrected chi connectivity index (χ1v) is 6.86. The number of aliphatic hydroxyl groups is 1. The minimum Gasteiger partial charge on any atom is -0.487 e. The molecule has 1 N–H and O–H groups in total. The monoisotopic (exact) mass is 324 g/mol. The van der Waals surface area contributed by atoms with Gasteiger partial charge in [0.05, 0.1) is 17.5 Å². The number of aromatic nitrogens is 2. The predicted molar refractivity (Wildman–Crippen MR) is 77.1 cm³/mol. The summed E-state index contributed by atoms with van der Waals surface area (Å²) in [7, 11) is 1.89. The second-order valence-electron chi connectivity index (χ2n) is 4.55. The fraction of sp³-hybridized carbons (Fsp3) is 0.357. The Balaban J connectivity index is 2.19. The van der Waals surface area contributed by atoms with Gasteiger partial charge in [0.2, 0.25) is 0 Å². The third-order valence-electron chi connectivity index (χ3n) is 2.90. The maximum atomic E-state index is 9.74. The van der Waals surface area contributed by atoms with Gasteiger partial charge < -0.3 is 9.84 Å². The van der Waals surface area contributed by atoms with Crippen LogP contribution in [0.1, 0.15) is 30.0 Å². The van der Waals surface area contributed by atoms with Crippen LogP contribution >= 0.6 is 15.9 Å². The van der Waals surface area contributed by atoms with E-state index in [1.165, 1.54) is 0 Å². The van der Waals surface area contributed by atoms with Crippen molar-refractivity contribution in [3.63, 3.8) is 0 Å². The van der Waals surface area contributed by atoms with Crippen LogP contribution in [0.3, 0.4) is 0 Å². The van der Waals surface area contributed by atoms with Crippen molar-refractivity contribution in [1.82, 2.24) is 9.78 Å². The van der Waals surface area contributed by atoms with Gasteiger partial charge in [-0.1, -0.05) is 22.0 Å². The number of hydrogen-bond acceptors (Lipinski definition) is 3. The molecule has 0 aliphatic carbocycles. The summed E-state index contributed by atoms with van der Waals surface area (Å²) in [6.45, 7) is 4.10. The van der Waals surface area contributed by atoms with Crippen molar-refractivity contribution in [3.05, 3.63) is 45.7 Å². The summed E-state index contributed by atoms with van der Waals surface area (Å²) in [6.07, 6.45) is -0.559. The Labute approximate surface area is 121 Å². The number of halogens is 1. The van der Waals surface area contributed by atoms with Gasteiger partial charge in [0.15, 0.2) is 0 Å². The fourth-order valence-electron chi connectivity index (χ4n) is 1.93. The lowest BCUT2D eigenvalue weighted by Gasteiger charge is -2.14. The van der Waals surface area contributed by atoms with E-state index in [2.05, 4.69) is 21.0 Å². The molecular weight excluding hydrogens is 308 g/mol. The van der Waals surface area contributed by atoms with Crippen LogP contribution in [-0.2, 0) is 13.7 Å². The molecule has 0 saturated heterocycles. The molecule has 2 aromatic rings. The third kappa shape index (κ3) is 3.36. The lowest BCUT2D eigenvalue weighted by Crippen LogP contribution is -2.05. The average molecular weight is 325 g/mol. The molecule has 0 aliphatic rings. The van der Waals surface area contributed by atoms with E-state index in [0.717, 1.165) is 21.4 Å². The highest BCUT2D eigenvalue weighted by Gasteiger charge is 2.11. The summed E-state index contributed by atoms with van der Waals surface area (Å²) >= 11 is 3.41. The molecule has 2 rings (SSSR count). The lowest BCUT2D eigenvalue weighted by atomic mass is 10.1. The van der Waals surface area contributed by atoms with E-state index in [1.807, 2.05) is 38.2 Å². The van der Waals surface area contributed by atoms with Crippen molar-refractivity contribution in [2.24, 2.45) is 7.05 Å². The van der Waals surface area contributed by atoms with Crippen LogP contribution in [0.25, 0.3) is 0 Å². The van der Waals surface area contributed by atoms with Gasteiger partial charge in [0, 0.05) is 17.1 Å².